The quantitative estimate of drug-likeness (QED) is 0.712. The molecule has 0 unspecified atom stereocenters. The predicted octanol–water partition coefficient (Wildman–Crippen LogP) is 2.23. The molecule has 0 fully saturated rings. The van der Waals surface area contributed by atoms with E-state index in [0.29, 0.717) is 5.52 Å². The number of hydrogen-bond acceptors (Lipinski definition) is 3. The highest BCUT2D eigenvalue weighted by atomic mass is 19.1. The number of aromatic nitrogens is 1. The van der Waals surface area contributed by atoms with Crippen LogP contribution in [0.3, 0.4) is 0 Å². The summed E-state index contributed by atoms with van der Waals surface area (Å²) in [6, 6.07) is 6.39. The van der Waals surface area contributed by atoms with Crippen molar-refractivity contribution in [3.05, 3.63) is 35.8 Å². The molecule has 0 bridgehead atoms. The lowest BCUT2D eigenvalue weighted by Crippen LogP contribution is -2.16. The van der Waals surface area contributed by atoms with Crippen molar-refractivity contribution in [1.29, 1.82) is 0 Å². The largest absolute Gasteiger partial charge is 0.464 e. The third-order valence-corrected chi connectivity index (χ3v) is 2.51. The van der Waals surface area contributed by atoms with Crippen LogP contribution in [0.25, 0.3) is 10.9 Å². The fraction of sp³-hybridized carbons (Fsp3) is 0.167. The molecule has 2 rings (SSSR count). The Kier molecular flexibility index (Phi) is 2.67. The van der Waals surface area contributed by atoms with E-state index in [1.165, 1.54) is 13.0 Å². The number of esters is 1. The van der Waals surface area contributed by atoms with Gasteiger partial charge in [-0.25, -0.2) is 9.18 Å². The summed E-state index contributed by atoms with van der Waals surface area (Å²) in [7, 11) is 1.14. The highest BCUT2D eigenvalue weighted by Crippen LogP contribution is 2.25. The van der Waals surface area contributed by atoms with Gasteiger partial charge in [0.15, 0.2) is 11.5 Å². The molecule has 4 nitrogen and oxygen atoms in total. The van der Waals surface area contributed by atoms with Crippen molar-refractivity contribution in [3.8, 4) is 0 Å². The second-order valence-electron chi connectivity index (χ2n) is 3.53. The van der Waals surface area contributed by atoms with Crippen molar-refractivity contribution in [2.45, 2.75) is 6.92 Å². The van der Waals surface area contributed by atoms with Crippen LogP contribution in [0.4, 0.5) is 4.39 Å². The number of hydrogen-bond donors (Lipinski definition) is 0. The molecule has 0 aliphatic heterocycles. The number of nitrogens with zero attached hydrogens (tertiary/aromatic N) is 1. The Labute approximate surface area is 96.6 Å². The zero-order chi connectivity index (χ0) is 12.6. The normalized spacial score (nSPS) is 10.5. The van der Waals surface area contributed by atoms with Gasteiger partial charge < -0.3 is 4.74 Å². The summed E-state index contributed by atoms with van der Waals surface area (Å²) < 4.78 is 19.5. The maximum Gasteiger partial charge on any atom is 0.358 e. The summed E-state index contributed by atoms with van der Waals surface area (Å²) in [6.45, 7) is 1.26. The maximum absolute atomic E-state index is 14.0. The van der Waals surface area contributed by atoms with Crippen LogP contribution < -0.4 is 0 Å². The Bertz CT molecular complexity index is 615. The Hall–Kier alpha value is -2.17. The monoisotopic (exact) mass is 235 g/mol. The Morgan fingerprint density at radius 3 is 2.53 bits per heavy atom. The van der Waals surface area contributed by atoms with Gasteiger partial charge in [-0.2, -0.15) is 0 Å². The first-order valence-corrected chi connectivity index (χ1v) is 4.96. The number of carbonyl (C=O) groups is 2. The van der Waals surface area contributed by atoms with E-state index < -0.39 is 17.7 Å². The highest BCUT2D eigenvalue weighted by Gasteiger charge is 2.25. The molecule has 5 heteroatoms. The molecule has 17 heavy (non-hydrogen) atoms. The molecule has 0 saturated heterocycles. The molecule has 0 aliphatic rings. The van der Waals surface area contributed by atoms with Gasteiger partial charge in [0.2, 0.25) is 5.91 Å². The van der Waals surface area contributed by atoms with Crippen LogP contribution in [-0.2, 0) is 4.74 Å². The zero-order valence-corrected chi connectivity index (χ0v) is 9.36. The number of carbonyl (C=O) groups excluding carboxylic acids is 2. The molecule has 0 aliphatic carbocycles. The molecule has 2 aromatic rings. The minimum absolute atomic E-state index is 0.225. The van der Waals surface area contributed by atoms with E-state index in [0.717, 1.165) is 11.7 Å². The smallest absolute Gasteiger partial charge is 0.358 e. The molecule has 1 aromatic carbocycles. The highest BCUT2D eigenvalue weighted by molar-refractivity contribution is 6.03. The van der Waals surface area contributed by atoms with E-state index in [1.807, 2.05) is 0 Å². The molecular formula is C12H10FNO3. The topological polar surface area (TPSA) is 48.3 Å². The average Bonchev–Trinajstić information content (AvgIpc) is 2.62. The molecule has 1 heterocycles. The number of rotatable bonds is 1. The first kappa shape index (κ1) is 11.3. The number of para-hydroxylation sites is 1. The van der Waals surface area contributed by atoms with Crippen LogP contribution in [0.2, 0.25) is 0 Å². The molecular weight excluding hydrogens is 225 g/mol. The molecule has 0 atom stereocenters. The summed E-state index contributed by atoms with van der Waals surface area (Å²) >= 11 is 0. The van der Waals surface area contributed by atoms with Crippen molar-refractivity contribution in [3.63, 3.8) is 0 Å². The Balaban J connectivity index is 2.90. The van der Waals surface area contributed by atoms with Gasteiger partial charge in [-0.15, -0.1) is 0 Å². The van der Waals surface area contributed by atoms with Crippen LogP contribution in [0.15, 0.2) is 24.3 Å². The predicted molar refractivity (Wildman–Crippen MR) is 59.5 cm³/mol. The third kappa shape index (κ3) is 1.60. The van der Waals surface area contributed by atoms with Gasteiger partial charge in [-0.3, -0.25) is 9.36 Å². The fourth-order valence-corrected chi connectivity index (χ4v) is 1.81. The summed E-state index contributed by atoms with van der Waals surface area (Å²) in [4.78, 5) is 23.0. The van der Waals surface area contributed by atoms with Gasteiger partial charge >= 0.3 is 5.97 Å². The first-order valence-electron chi connectivity index (χ1n) is 4.96. The van der Waals surface area contributed by atoms with Crippen LogP contribution in [0.1, 0.15) is 22.2 Å². The SMILES string of the molecule is COC(=O)c1c(F)c2ccccc2n1C(C)=O. The molecule has 0 radical (unpaired) electrons. The van der Waals surface area contributed by atoms with Gasteiger partial charge in [-0.05, 0) is 12.1 Å². The number of methoxy groups -OCH3 is 1. The summed E-state index contributed by atoms with van der Waals surface area (Å²) in [5.74, 6) is -2.04. The van der Waals surface area contributed by atoms with Gasteiger partial charge in [-0.1, -0.05) is 12.1 Å². The standard InChI is InChI=1S/C12H10FNO3/c1-7(15)14-9-6-4-3-5-8(9)10(13)11(14)12(16)17-2/h3-6H,1-2H3. The van der Waals surface area contributed by atoms with Crippen LogP contribution in [0, 0.1) is 5.82 Å². The van der Waals surface area contributed by atoms with E-state index in [1.54, 1.807) is 18.2 Å². The van der Waals surface area contributed by atoms with Crippen molar-refractivity contribution in [1.82, 2.24) is 4.57 Å². The van der Waals surface area contributed by atoms with Gasteiger partial charge in [0.25, 0.3) is 0 Å². The van der Waals surface area contributed by atoms with Gasteiger partial charge in [0, 0.05) is 12.3 Å². The third-order valence-electron chi connectivity index (χ3n) is 2.51. The molecule has 0 saturated carbocycles. The molecule has 0 N–H and O–H groups in total. The molecule has 88 valence electrons. The van der Waals surface area contributed by atoms with Crippen molar-refractivity contribution >= 4 is 22.8 Å². The van der Waals surface area contributed by atoms with Crippen molar-refractivity contribution in [2.24, 2.45) is 0 Å². The summed E-state index contributed by atoms with van der Waals surface area (Å²) in [5, 5.41) is 0.225. The number of benzene rings is 1. The molecule has 0 amide bonds. The fourth-order valence-electron chi connectivity index (χ4n) is 1.81. The second kappa shape index (κ2) is 4.01. The van der Waals surface area contributed by atoms with Crippen LogP contribution in [-0.4, -0.2) is 23.6 Å². The lowest BCUT2D eigenvalue weighted by Gasteiger charge is -2.03. The van der Waals surface area contributed by atoms with Crippen molar-refractivity contribution < 1.29 is 18.7 Å². The lowest BCUT2D eigenvalue weighted by atomic mass is 10.2. The van der Waals surface area contributed by atoms with E-state index >= 15 is 0 Å². The number of fused-ring (bicyclic) bond motifs is 1. The minimum atomic E-state index is -0.867. The average molecular weight is 235 g/mol. The first-order chi connectivity index (χ1) is 8.07. The van der Waals surface area contributed by atoms with Crippen LogP contribution >= 0.6 is 0 Å². The summed E-state index contributed by atoms with van der Waals surface area (Å²) in [5.41, 5.74) is -0.000833. The Morgan fingerprint density at radius 2 is 1.94 bits per heavy atom. The van der Waals surface area contributed by atoms with Gasteiger partial charge in [0.1, 0.15) is 0 Å². The van der Waals surface area contributed by atoms with Crippen molar-refractivity contribution in [2.75, 3.05) is 7.11 Å². The van der Waals surface area contributed by atoms with Gasteiger partial charge in [0.05, 0.1) is 12.6 Å². The van der Waals surface area contributed by atoms with E-state index in [9.17, 15) is 14.0 Å². The summed E-state index contributed by atoms with van der Waals surface area (Å²) in [6.07, 6.45) is 0. The second-order valence-corrected chi connectivity index (χ2v) is 3.53. The number of halogens is 1. The van der Waals surface area contributed by atoms with E-state index in [2.05, 4.69) is 4.74 Å². The molecule has 0 spiro atoms. The lowest BCUT2D eigenvalue weighted by molar-refractivity contribution is 0.0577. The van der Waals surface area contributed by atoms with E-state index in [-0.39, 0.29) is 11.1 Å². The minimum Gasteiger partial charge on any atom is -0.464 e. The Morgan fingerprint density at radius 1 is 1.29 bits per heavy atom. The number of ether oxygens (including phenoxy) is 1. The zero-order valence-electron chi connectivity index (χ0n) is 9.36. The van der Waals surface area contributed by atoms with E-state index in [4.69, 9.17) is 0 Å². The van der Waals surface area contributed by atoms with Crippen LogP contribution in [0.5, 0.6) is 0 Å². The molecule has 1 aromatic heterocycles. The maximum atomic E-state index is 14.0.